The van der Waals surface area contributed by atoms with Gasteiger partial charge in [-0.25, -0.2) is 0 Å². The Labute approximate surface area is 102 Å². The van der Waals surface area contributed by atoms with Crippen molar-refractivity contribution in [2.45, 2.75) is 12.5 Å². The molecule has 1 aliphatic heterocycles. The van der Waals surface area contributed by atoms with E-state index in [0.717, 1.165) is 28.9 Å². The van der Waals surface area contributed by atoms with E-state index in [2.05, 4.69) is 6.07 Å². The molecule has 1 nitrogen and oxygen atoms in total. The Kier molecular flexibility index (Phi) is 1.55. The molecule has 0 amide bonds. The first-order valence-electron chi connectivity index (χ1n) is 6.40. The van der Waals surface area contributed by atoms with Crippen LogP contribution in [0.1, 0.15) is 18.1 Å². The van der Waals surface area contributed by atoms with Crippen LogP contribution in [0.4, 0.5) is 0 Å². The van der Waals surface area contributed by atoms with Crippen LogP contribution in [-0.2, 0) is 6.42 Å². The van der Waals surface area contributed by atoms with Crippen LogP contribution in [0.3, 0.4) is 0 Å². The van der Waals surface area contributed by atoms with E-state index in [1.54, 1.807) is 0 Å². The average molecular weight is 221 g/mol. The van der Waals surface area contributed by atoms with Crippen molar-refractivity contribution >= 4 is 11.6 Å². The van der Waals surface area contributed by atoms with Crippen molar-refractivity contribution in [3.05, 3.63) is 65.2 Å². The van der Waals surface area contributed by atoms with Crippen LogP contribution in [0.15, 0.2) is 48.5 Å². The molecule has 0 aromatic heterocycles. The van der Waals surface area contributed by atoms with E-state index in [0.29, 0.717) is 6.05 Å². The van der Waals surface area contributed by atoms with Crippen molar-refractivity contribution in [2.75, 3.05) is 0 Å². The van der Waals surface area contributed by atoms with Crippen molar-refractivity contribution in [3.8, 4) is 5.75 Å². The summed E-state index contributed by atoms with van der Waals surface area (Å²) < 4.78 is 14.4. The Morgan fingerprint density at radius 1 is 1.06 bits per heavy atom. The normalized spacial score (nSPS) is 21.2. The standard InChI is InChI=1S/C16H12O/c1-2-6-12-10-16-14(9-11(12)5-1)13-7-3-4-8-15(13)17-16/h1-9,16H,10H2/i9D. The van der Waals surface area contributed by atoms with Gasteiger partial charge in [0.1, 0.15) is 11.9 Å². The maximum absolute atomic E-state index is 8.41. The largest absolute Gasteiger partial charge is 0.485 e. The van der Waals surface area contributed by atoms with Gasteiger partial charge in [0.2, 0.25) is 0 Å². The van der Waals surface area contributed by atoms with E-state index in [1.807, 2.05) is 42.5 Å². The quantitative estimate of drug-likeness (QED) is 0.661. The van der Waals surface area contributed by atoms with Gasteiger partial charge in [-0.15, -0.1) is 0 Å². The molecule has 0 bridgehead atoms. The van der Waals surface area contributed by atoms with Gasteiger partial charge in [0.25, 0.3) is 0 Å². The van der Waals surface area contributed by atoms with Crippen LogP contribution >= 0.6 is 0 Å². The fourth-order valence-electron chi connectivity index (χ4n) is 2.63. The van der Waals surface area contributed by atoms with Gasteiger partial charge in [0, 0.05) is 17.6 Å². The Morgan fingerprint density at radius 3 is 2.88 bits per heavy atom. The summed E-state index contributed by atoms with van der Waals surface area (Å²) >= 11 is 0. The molecule has 2 aromatic rings. The van der Waals surface area contributed by atoms with Crippen molar-refractivity contribution in [1.29, 1.82) is 0 Å². The lowest BCUT2D eigenvalue weighted by Gasteiger charge is -2.19. The summed E-state index contributed by atoms with van der Waals surface area (Å²) in [7, 11) is 0. The van der Waals surface area contributed by atoms with Crippen LogP contribution in [0.5, 0.6) is 5.75 Å². The molecule has 0 saturated carbocycles. The molecule has 17 heavy (non-hydrogen) atoms. The van der Waals surface area contributed by atoms with Gasteiger partial charge < -0.3 is 4.74 Å². The van der Waals surface area contributed by atoms with Crippen LogP contribution < -0.4 is 4.74 Å². The maximum Gasteiger partial charge on any atom is 0.129 e. The SMILES string of the molecule is [2H]C1=C2c3ccccc3OC2Cc2ccccc21. The first-order valence-corrected chi connectivity index (χ1v) is 5.90. The van der Waals surface area contributed by atoms with Gasteiger partial charge in [-0.3, -0.25) is 0 Å². The highest BCUT2D eigenvalue weighted by Gasteiger charge is 2.31. The zero-order valence-electron chi connectivity index (χ0n) is 10.3. The summed E-state index contributed by atoms with van der Waals surface area (Å²) in [6.45, 7) is 0. The van der Waals surface area contributed by atoms with Crippen LogP contribution in [0.25, 0.3) is 11.6 Å². The predicted octanol–water partition coefficient (Wildman–Crippen LogP) is 3.54. The van der Waals surface area contributed by atoms with E-state index < -0.39 is 0 Å². The van der Waals surface area contributed by atoms with Gasteiger partial charge in [-0.05, 0) is 23.2 Å². The second-order valence-electron chi connectivity index (χ2n) is 4.50. The third-order valence-electron chi connectivity index (χ3n) is 3.46. The summed E-state index contributed by atoms with van der Waals surface area (Å²) in [4.78, 5) is 0. The molecular weight excluding hydrogens is 208 g/mol. The van der Waals surface area contributed by atoms with Gasteiger partial charge in [-0.1, -0.05) is 42.5 Å². The van der Waals surface area contributed by atoms with Gasteiger partial charge in [0.05, 0.1) is 1.37 Å². The van der Waals surface area contributed by atoms with Crippen molar-refractivity contribution in [1.82, 2.24) is 0 Å². The first-order chi connectivity index (χ1) is 8.84. The molecule has 1 heteroatoms. The molecule has 0 saturated heterocycles. The Morgan fingerprint density at radius 2 is 1.88 bits per heavy atom. The molecule has 1 atom stereocenters. The summed E-state index contributed by atoms with van der Waals surface area (Å²) in [5, 5.41) is 0. The van der Waals surface area contributed by atoms with E-state index in [1.165, 1.54) is 5.56 Å². The number of ether oxygens (including phenoxy) is 1. The molecule has 4 rings (SSSR count). The number of benzene rings is 2. The third-order valence-corrected chi connectivity index (χ3v) is 3.46. The summed E-state index contributed by atoms with van der Waals surface area (Å²) in [6.07, 6.45) is 0.882. The molecule has 0 spiro atoms. The molecule has 1 unspecified atom stereocenters. The van der Waals surface area contributed by atoms with E-state index >= 15 is 0 Å². The lowest BCUT2D eigenvalue weighted by molar-refractivity contribution is 0.276. The predicted molar refractivity (Wildman–Crippen MR) is 68.9 cm³/mol. The Balaban J connectivity index is 1.99. The fraction of sp³-hybridized carbons (Fsp3) is 0.125. The van der Waals surface area contributed by atoms with Crippen molar-refractivity contribution in [2.24, 2.45) is 0 Å². The molecule has 1 aliphatic carbocycles. The Hall–Kier alpha value is -2.02. The van der Waals surface area contributed by atoms with E-state index in [4.69, 9.17) is 6.11 Å². The minimum atomic E-state index is 0.0183. The molecule has 2 aliphatic rings. The summed E-state index contributed by atoms with van der Waals surface area (Å²) in [5.74, 6) is 0.912. The third kappa shape index (κ3) is 1.26. The van der Waals surface area contributed by atoms with E-state index in [9.17, 15) is 0 Å². The maximum atomic E-state index is 8.41. The monoisotopic (exact) mass is 221 g/mol. The summed E-state index contributed by atoms with van der Waals surface area (Å²) in [5.41, 5.74) is 4.39. The lowest BCUT2D eigenvalue weighted by atomic mass is 9.88. The number of hydrogen-bond acceptors (Lipinski definition) is 1. The van der Waals surface area contributed by atoms with Gasteiger partial charge in [-0.2, -0.15) is 0 Å². The highest BCUT2D eigenvalue weighted by atomic mass is 16.5. The topological polar surface area (TPSA) is 9.23 Å². The molecule has 2 aromatic carbocycles. The van der Waals surface area contributed by atoms with Crippen molar-refractivity contribution in [3.63, 3.8) is 0 Å². The second kappa shape index (κ2) is 3.24. The number of para-hydroxylation sites is 1. The Bertz CT molecular complexity index is 672. The molecule has 1 heterocycles. The smallest absolute Gasteiger partial charge is 0.129 e. The van der Waals surface area contributed by atoms with Crippen molar-refractivity contribution < 1.29 is 6.11 Å². The van der Waals surface area contributed by atoms with Gasteiger partial charge >= 0.3 is 0 Å². The number of fused-ring (bicyclic) bond motifs is 4. The fourth-order valence-corrected chi connectivity index (χ4v) is 2.63. The molecular formula is C16H12O. The van der Waals surface area contributed by atoms with Crippen LogP contribution in [0, 0.1) is 0 Å². The van der Waals surface area contributed by atoms with Gasteiger partial charge in [0.15, 0.2) is 0 Å². The summed E-state index contributed by atoms with van der Waals surface area (Å²) in [6, 6.07) is 16.8. The zero-order valence-corrected chi connectivity index (χ0v) is 9.31. The van der Waals surface area contributed by atoms with Crippen LogP contribution in [-0.4, -0.2) is 6.10 Å². The molecule has 0 N–H and O–H groups in total. The second-order valence-corrected chi connectivity index (χ2v) is 4.50. The molecule has 82 valence electrons. The minimum Gasteiger partial charge on any atom is -0.485 e. The highest BCUT2D eigenvalue weighted by molar-refractivity contribution is 5.91. The number of rotatable bonds is 0. The zero-order chi connectivity index (χ0) is 12.1. The molecule has 0 radical (unpaired) electrons. The highest BCUT2D eigenvalue weighted by Crippen LogP contribution is 2.42. The lowest BCUT2D eigenvalue weighted by Crippen LogP contribution is -2.19. The van der Waals surface area contributed by atoms with E-state index in [-0.39, 0.29) is 6.10 Å². The molecule has 0 fully saturated rings. The van der Waals surface area contributed by atoms with Crippen LogP contribution in [0.2, 0.25) is 0 Å². The first kappa shape index (κ1) is 8.13. The number of hydrogen-bond donors (Lipinski definition) is 0. The minimum absolute atomic E-state index is 0.0183. The average Bonchev–Trinajstić information content (AvgIpc) is 2.77.